The first-order valence-electron chi connectivity index (χ1n) is 22.6. The lowest BCUT2D eigenvalue weighted by Crippen LogP contribution is -2.30. The molecule has 2 atom stereocenters. The van der Waals surface area contributed by atoms with E-state index in [2.05, 4.69) is 222 Å². The van der Waals surface area contributed by atoms with Crippen LogP contribution in [0.15, 0.2) is 218 Å². The van der Waals surface area contributed by atoms with E-state index >= 15 is 0 Å². The van der Waals surface area contributed by atoms with Crippen molar-refractivity contribution >= 4 is 69.3 Å². The Kier molecular flexibility index (Phi) is 11.9. The van der Waals surface area contributed by atoms with E-state index in [0.717, 1.165) is 29.9 Å². The number of ether oxygens (including phenoxy) is 2. The quantitative estimate of drug-likeness (QED) is 0.114. The van der Waals surface area contributed by atoms with Crippen LogP contribution in [-0.4, -0.2) is 26.3 Å². The largest absolute Gasteiger partial charge is 0.496 e. The summed E-state index contributed by atoms with van der Waals surface area (Å²) in [6.07, 6.45) is 19.7. The second-order valence-electron chi connectivity index (χ2n) is 16.6. The molecule has 0 N–H and O–H groups in total. The average Bonchev–Trinajstić information content (AvgIpc) is 4.03. The summed E-state index contributed by atoms with van der Waals surface area (Å²) in [4.78, 5) is 10.1. The number of methoxy groups -OCH3 is 2. The van der Waals surface area contributed by atoms with E-state index in [1.807, 2.05) is 28.7 Å². The summed E-state index contributed by atoms with van der Waals surface area (Å²) in [5.74, 6) is 1.58. The summed E-state index contributed by atoms with van der Waals surface area (Å²) in [7, 11) is 2.65. The minimum atomic E-state index is -0.899. The molecule has 0 bridgehead atoms. The highest BCUT2D eigenvalue weighted by Crippen LogP contribution is 2.56. The Morgan fingerprint density at radius 2 is 0.894 bits per heavy atom. The maximum atomic E-state index is 6.22. The molecule has 2 unspecified atom stereocenters. The molecule has 0 amide bonds. The molecule has 3 aliphatic rings. The molecule has 0 saturated carbocycles. The van der Waals surface area contributed by atoms with E-state index in [1.54, 1.807) is 14.2 Å². The first-order chi connectivity index (χ1) is 32.7. The lowest BCUT2D eigenvalue weighted by atomic mass is 9.93. The van der Waals surface area contributed by atoms with Gasteiger partial charge in [0.2, 0.25) is 0 Å². The lowest BCUT2D eigenvalue weighted by molar-refractivity contribution is 0.385. The second kappa shape index (κ2) is 18.7. The van der Waals surface area contributed by atoms with Crippen molar-refractivity contribution in [2.24, 2.45) is 0 Å². The number of nitrogens with zero attached hydrogens (tertiary/aromatic N) is 2. The van der Waals surface area contributed by atoms with E-state index in [0.29, 0.717) is 0 Å². The number of rotatable bonds is 12. The normalized spacial score (nSPS) is 18.1. The van der Waals surface area contributed by atoms with Gasteiger partial charge < -0.3 is 19.3 Å². The van der Waals surface area contributed by atoms with E-state index < -0.39 is 7.92 Å². The third kappa shape index (κ3) is 7.94. The number of thiophene rings is 2. The maximum absolute atomic E-state index is 6.22. The van der Waals surface area contributed by atoms with E-state index in [9.17, 15) is 0 Å². The summed E-state index contributed by atoms with van der Waals surface area (Å²) in [5.41, 5.74) is 8.24. The summed E-state index contributed by atoms with van der Waals surface area (Å²) < 4.78 is 12.4. The number of benzene rings is 6. The Morgan fingerprint density at radius 1 is 0.470 bits per heavy atom. The zero-order valence-electron chi connectivity index (χ0n) is 36.9. The maximum Gasteiger partial charge on any atom is 0.126 e. The zero-order chi connectivity index (χ0) is 44.4. The van der Waals surface area contributed by atoms with Crippen molar-refractivity contribution in [3.8, 4) is 32.4 Å². The topological polar surface area (TPSA) is 24.9 Å². The molecule has 0 saturated heterocycles. The van der Waals surface area contributed by atoms with Crippen molar-refractivity contribution < 1.29 is 9.47 Å². The van der Waals surface area contributed by atoms with Gasteiger partial charge in [0.1, 0.15) is 11.5 Å². The van der Waals surface area contributed by atoms with Crippen LogP contribution in [0.5, 0.6) is 11.5 Å². The highest BCUT2D eigenvalue weighted by atomic mass is 32.1. The summed E-state index contributed by atoms with van der Waals surface area (Å²) in [6.45, 7) is 0. The summed E-state index contributed by atoms with van der Waals surface area (Å²) in [5, 5.41) is 4.13. The van der Waals surface area contributed by atoms with Crippen LogP contribution in [0.2, 0.25) is 0 Å². The van der Waals surface area contributed by atoms with Crippen molar-refractivity contribution in [1.82, 2.24) is 0 Å². The Hall–Kier alpha value is -6.69. The zero-order valence-corrected chi connectivity index (χ0v) is 39.4. The fourth-order valence-corrected chi connectivity index (χ4v) is 15.6. The predicted molar refractivity (Wildman–Crippen MR) is 283 cm³/mol. The van der Waals surface area contributed by atoms with Crippen LogP contribution in [0.3, 0.4) is 0 Å². The number of fused-ring (bicyclic) bond motifs is 2. The van der Waals surface area contributed by atoms with Gasteiger partial charge in [-0.2, -0.15) is 0 Å². The van der Waals surface area contributed by atoms with Crippen LogP contribution in [0.4, 0.5) is 22.7 Å². The van der Waals surface area contributed by atoms with E-state index in [4.69, 9.17) is 9.47 Å². The molecule has 66 heavy (non-hydrogen) atoms. The number of anilines is 4. The number of hydrogen-bond donors (Lipinski definition) is 0. The standard InChI is InChI=1S/C59H49N2O2PS2/c1-62-50-29-18-30-51(63-2)56(50)57-58-52(39-54(65-58)41-31-35-47(36-32-41)60(43-19-8-3-9-20-43)44-21-10-4-11-22-44)64(49-27-16-7-17-28-49)53-40-55(66-59(53)57)42-33-37-48(38-34-42)61(45-23-12-5-13-24-45)46-25-14-6-15-26-46/h3-21,23-25,27-40,44,46,57H,22,26H2,1-2H3. The van der Waals surface area contributed by atoms with Crippen molar-refractivity contribution in [2.75, 3.05) is 24.0 Å². The summed E-state index contributed by atoms with van der Waals surface area (Å²) in [6, 6.07) is 62.7. The Morgan fingerprint density at radius 3 is 1.30 bits per heavy atom. The molecular weight excluding hydrogens is 864 g/mol. The molecule has 7 heteroatoms. The SMILES string of the molecule is COc1cccc(OC)c1C1c2sc(-c3ccc(N(c4ccccc4)C4C=CC=CC4)cc3)cc2P(c2ccccc2)c2cc(-c3ccc(N(c4ccccc4)C4C=CC=CC4)cc3)sc21. The minimum absolute atomic E-state index is 0.0842. The van der Waals surface area contributed by atoms with Crippen LogP contribution in [0.1, 0.15) is 34.1 Å². The van der Waals surface area contributed by atoms with Gasteiger partial charge in [-0.25, -0.2) is 0 Å². The fourth-order valence-electron chi connectivity index (χ4n) is 9.70. The number of allylic oxidation sites excluding steroid dienone is 4. The van der Waals surface area contributed by atoms with Crippen molar-refractivity contribution in [2.45, 2.75) is 30.8 Å². The molecule has 3 heterocycles. The van der Waals surface area contributed by atoms with Crippen LogP contribution in [-0.2, 0) is 0 Å². The highest BCUT2D eigenvalue weighted by molar-refractivity contribution is 7.80. The number of hydrogen-bond acceptors (Lipinski definition) is 6. The van der Waals surface area contributed by atoms with Crippen LogP contribution in [0, 0.1) is 0 Å². The van der Waals surface area contributed by atoms with Gasteiger partial charge in [-0.1, -0.05) is 146 Å². The van der Waals surface area contributed by atoms with Gasteiger partial charge in [0.05, 0.1) is 32.2 Å². The molecule has 2 aromatic heterocycles. The summed E-state index contributed by atoms with van der Waals surface area (Å²) >= 11 is 3.83. The van der Waals surface area contributed by atoms with Gasteiger partial charge in [0.15, 0.2) is 0 Å². The van der Waals surface area contributed by atoms with E-state index in [-0.39, 0.29) is 18.0 Å². The molecule has 1 aliphatic heterocycles. The first-order valence-corrected chi connectivity index (χ1v) is 25.5. The lowest BCUT2D eigenvalue weighted by Gasteiger charge is -2.32. The van der Waals surface area contributed by atoms with Gasteiger partial charge >= 0.3 is 0 Å². The van der Waals surface area contributed by atoms with Crippen LogP contribution < -0.4 is 35.2 Å². The molecule has 6 aromatic carbocycles. The predicted octanol–water partition coefficient (Wildman–Crippen LogP) is 14.5. The van der Waals surface area contributed by atoms with Gasteiger partial charge in [0, 0.05) is 58.4 Å². The second-order valence-corrected chi connectivity index (χ2v) is 21.0. The third-order valence-electron chi connectivity index (χ3n) is 12.8. The number of para-hydroxylation sites is 2. The van der Waals surface area contributed by atoms with Gasteiger partial charge in [-0.05, 0) is 110 Å². The molecule has 0 radical (unpaired) electrons. The van der Waals surface area contributed by atoms with Crippen LogP contribution in [0.25, 0.3) is 20.9 Å². The first kappa shape index (κ1) is 42.0. The average molecular weight is 913 g/mol. The molecule has 324 valence electrons. The van der Waals surface area contributed by atoms with Crippen molar-refractivity contribution in [3.63, 3.8) is 0 Å². The third-order valence-corrected chi connectivity index (χ3v) is 18.1. The Balaban J connectivity index is 1.03. The molecule has 11 rings (SSSR count). The minimum Gasteiger partial charge on any atom is -0.496 e. The molecule has 0 spiro atoms. The van der Waals surface area contributed by atoms with Crippen LogP contribution >= 0.6 is 30.6 Å². The Bertz CT molecular complexity index is 2900. The van der Waals surface area contributed by atoms with Gasteiger partial charge in [-0.3, -0.25) is 0 Å². The van der Waals surface area contributed by atoms with Gasteiger partial charge in [-0.15, -0.1) is 22.7 Å². The van der Waals surface area contributed by atoms with Gasteiger partial charge in [0.25, 0.3) is 0 Å². The monoisotopic (exact) mass is 912 g/mol. The molecule has 0 fully saturated rings. The van der Waals surface area contributed by atoms with E-state index in [1.165, 1.54) is 69.3 Å². The fraction of sp³-hybridized carbons (Fsp3) is 0.119. The highest BCUT2D eigenvalue weighted by Gasteiger charge is 2.41. The molecule has 2 aliphatic carbocycles. The van der Waals surface area contributed by atoms with Crippen molar-refractivity contribution in [3.05, 3.63) is 234 Å². The molecule has 4 nitrogen and oxygen atoms in total. The Labute approximate surface area is 397 Å². The van der Waals surface area contributed by atoms with Crippen molar-refractivity contribution in [1.29, 1.82) is 0 Å². The molecule has 8 aromatic rings. The molecular formula is C59H49N2O2PS2. The smallest absolute Gasteiger partial charge is 0.126 e.